The molecule has 1 N–H and O–H groups in total. The zero-order valence-electron chi connectivity index (χ0n) is 12.7. The lowest BCUT2D eigenvalue weighted by molar-refractivity contribution is -0.121. The molecule has 0 spiro atoms. The molecule has 0 unspecified atom stereocenters. The van der Waals surface area contributed by atoms with Crippen LogP contribution in [0.1, 0.15) is 16.7 Å². The number of ether oxygens (including phenoxy) is 1. The number of aryl methyl sites for hydroxylation is 2. The fourth-order valence-electron chi connectivity index (χ4n) is 2.64. The lowest BCUT2D eigenvalue weighted by Crippen LogP contribution is -2.32. The number of carbonyl (C=O) groups is 1. The molecule has 2 aromatic carbocycles. The largest absolute Gasteiger partial charge is 0.492 e. The van der Waals surface area contributed by atoms with Gasteiger partial charge in [-0.15, -0.1) is 0 Å². The van der Waals surface area contributed by atoms with E-state index in [9.17, 15) is 4.79 Å². The summed E-state index contributed by atoms with van der Waals surface area (Å²) < 4.78 is 5.68. The third kappa shape index (κ3) is 3.09. The molecule has 0 fully saturated rings. The second-order valence-electron chi connectivity index (χ2n) is 5.77. The van der Waals surface area contributed by atoms with E-state index in [1.807, 2.05) is 44.2 Å². The average Bonchev–Trinajstić information content (AvgIpc) is 2.50. The van der Waals surface area contributed by atoms with Crippen molar-refractivity contribution >= 4 is 23.2 Å². The van der Waals surface area contributed by atoms with E-state index in [4.69, 9.17) is 16.3 Å². The average molecular weight is 316 g/mol. The molecule has 4 heteroatoms. The van der Waals surface area contributed by atoms with Crippen molar-refractivity contribution in [3.8, 4) is 5.75 Å². The summed E-state index contributed by atoms with van der Waals surface area (Å²) >= 11 is 6.02. The Morgan fingerprint density at radius 3 is 2.86 bits per heavy atom. The normalized spacial score (nSPS) is 16.6. The highest BCUT2D eigenvalue weighted by atomic mass is 35.5. The molecule has 1 heterocycles. The summed E-state index contributed by atoms with van der Waals surface area (Å²) in [5, 5.41) is 3.68. The van der Waals surface area contributed by atoms with E-state index in [1.54, 1.807) is 6.07 Å². The van der Waals surface area contributed by atoms with Crippen molar-refractivity contribution in [3.63, 3.8) is 0 Å². The number of rotatable bonds is 2. The van der Waals surface area contributed by atoms with Gasteiger partial charge in [-0.1, -0.05) is 23.7 Å². The smallest absolute Gasteiger partial charge is 0.231 e. The van der Waals surface area contributed by atoms with Gasteiger partial charge in [0.15, 0.2) is 0 Å². The Morgan fingerprint density at radius 2 is 2.05 bits per heavy atom. The number of benzene rings is 2. The Bertz CT molecular complexity index is 727. The van der Waals surface area contributed by atoms with Crippen LogP contribution < -0.4 is 10.1 Å². The maximum atomic E-state index is 12.5. The second kappa shape index (κ2) is 6.01. The van der Waals surface area contributed by atoms with Gasteiger partial charge >= 0.3 is 0 Å². The molecule has 0 aromatic heterocycles. The number of carbonyl (C=O) groups excluding carboxylic acids is 1. The van der Waals surface area contributed by atoms with Gasteiger partial charge in [-0.05, 0) is 61.2 Å². The predicted molar refractivity (Wildman–Crippen MR) is 88.7 cm³/mol. The summed E-state index contributed by atoms with van der Waals surface area (Å²) in [5.41, 5.74) is 4.03. The number of fused-ring (bicyclic) bond motifs is 1. The van der Waals surface area contributed by atoms with Gasteiger partial charge < -0.3 is 10.1 Å². The Hall–Kier alpha value is -2.00. The molecule has 1 aliphatic heterocycles. The van der Waals surface area contributed by atoms with Gasteiger partial charge in [-0.25, -0.2) is 0 Å². The van der Waals surface area contributed by atoms with Gasteiger partial charge in [0.2, 0.25) is 5.91 Å². The quantitative estimate of drug-likeness (QED) is 0.904. The van der Waals surface area contributed by atoms with Gasteiger partial charge in [0.05, 0.1) is 5.92 Å². The van der Waals surface area contributed by atoms with Gasteiger partial charge in [0.1, 0.15) is 12.4 Å². The first-order valence-electron chi connectivity index (χ1n) is 7.32. The van der Waals surface area contributed by atoms with Gasteiger partial charge in [-0.3, -0.25) is 4.79 Å². The minimum atomic E-state index is -0.203. The highest BCUT2D eigenvalue weighted by molar-refractivity contribution is 6.30. The third-order valence-corrected chi connectivity index (χ3v) is 4.19. The van der Waals surface area contributed by atoms with Crippen LogP contribution in [-0.2, 0) is 11.2 Å². The molecule has 1 atom stereocenters. The fourth-order valence-corrected chi connectivity index (χ4v) is 2.83. The monoisotopic (exact) mass is 315 g/mol. The summed E-state index contributed by atoms with van der Waals surface area (Å²) in [6.45, 7) is 4.39. The first-order valence-corrected chi connectivity index (χ1v) is 7.70. The zero-order valence-corrected chi connectivity index (χ0v) is 13.4. The molecule has 1 aliphatic rings. The standard InChI is InChI=1S/C18H18ClNO2/c1-11-3-4-12(2)16(7-11)20-18(21)14-8-13-9-15(19)5-6-17(13)22-10-14/h3-7,9,14H,8,10H2,1-2H3,(H,20,21)/t14-/m0/s1. The fraction of sp³-hybridized carbons (Fsp3) is 0.278. The van der Waals surface area contributed by atoms with E-state index in [0.29, 0.717) is 18.1 Å². The van der Waals surface area contributed by atoms with E-state index in [-0.39, 0.29) is 11.8 Å². The van der Waals surface area contributed by atoms with Crippen LogP contribution in [0.2, 0.25) is 5.02 Å². The van der Waals surface area contributed by atoms with Crippen LogP contribution in [0.3, 0.4) is 0 Å². The van der Waals surface area contributed by atoms with Crippen LogP contribution >= 0.6 is 11.6 Å². The molecule has 1 amide bonds. The first-order chi connectivity index (χ1) is 10.5. The number of anilines is 1. The van der Waals surface area contributed by atoms with Crippen LogP contribution in [0, 0.1) is 19.8 Å². The van der Waals surface area contributed by atoms with E-state index in [1.165, 1.54) is 0 Å². The van der Waals surface area contributed by atoms with Crippen molar-refractivity contribution < 1.29 is 9.53 Å². The summed E-state index contributed by atoms with van der Waals surface area (Å²) in [4.78, 5) is 12.5. The van der Waals surface area contributed by atoms with Crippen molar-refractivity contribution in [2.75, 3.05) is 11.9 Å². The van der Waals surface area contributed by atoms with E-state index in [2.05, 4.69) is 5.32 Å². The zero-order chi connectivity index (χ0) is 15.7. The summed E-state index contributed by atoms with van der Waals surface area (Å²) in [6.07, 6.45) is 0.645. The summed E-state index contributed by atoms with van der Waals surface area (Å²) in [6, 6.07) is 11.6. The van der Waals surface area contributed by atoms with Crippen LogP contribution in [-0.4, -0.2) is 12.5 Å². The molecule has 22 heavy (non-hydrogen) atoms. The Kier molecular flexibility index (Phi) is 4.08. The van der Waals surface area contributed by atoms with Crippen molar-refractivity contribution in [1.82, 2.24) is 0 Å². The number of nitrogens with one attached hydrogen (secondary N) is 1. The number of amides is 1. The SMILES string of the molecule is Cc1ccc(C)c(NC(=O)[C@@H]2COc3ccc(Cl)cc3C2)c1. The molecule has 2 aromatic rings. The maximum absolute atomic E-state index is 12.5. The molecule has 114 valence electrons. The molecule has 0 saturated heterocycles. The topological polar surface area (TPSA) is 38.3 Å². The van der Waals surface area contributed by atoms with Crippen molar-refractivity contribution in [3.05, 3.63) is 58.1 Å². The van der Waals surface area contributed by atoms with Crippen molar-refractivity contribution in [2.45, 2.75) is 20.3 Å². The van der Waals surface area contributed by atoms with Crippen LogP contribution in [0.25, 0.3) is 0 Å². The minimum absolute atomic E-state index is 0.0145. The maximum Gasteiger partial charge on any atom is 0.231 e. The molecule has 3 rings (SSSR count). The number of hydrogen-bond acceptors (Lipinski definition) is 2. The van der Waals surface area contributed by atoms with Crippen molar-refractivity contribution in [1.29, 1.82) is 0 Å². The molecular formula is C18H18ClNO2. The molecule has 0 aliphatic carbocycles. The Balaban J connectivity index is 1.75. The Morgan fingerprint density at radius 1 is 1.23 bits per heavy atom. The summed E-state index contributed by atoms with van der Waals surface area (Å²) in [7, 11) is 0. The van der Waals surface area contributed by atoms with E-state index >= 15 is 0 Å². The summed E-state index contributed by atoms with van der Waals surface area (Å²) in [5.74, 6) is 0.602. The Labute approximate surface area is 135 Å². The molecule has 0 saturated carbocycles. The predicted octanol–water partition coefficient (Wildman–Crippen LogP) is 4.15. The third-order valence-electron chi connectivity index (χ3n) is 3.95. The second-order valence-corrected chi connectivity index (χ2v) is 6.21. The van der Waals surface area contributed by atoms with Crippen LogP contribution in [0.15, 0.2) is 36.4 Å². The lowest BCUT2D eigenvalue weighted by Gasteiger charge is -2.25. The van der Waals surface area contributed by atoms with Gasteiger partial charge in [0, 0.05) is 10.7 Å². The van der Waals surface area contributed by atoms with Gasteiger partial charge in [-0.2, -0.15) is 0 Å². The highest BCUT2D eigenvalue weighted by Crippen LogP contribution is 2.30. The van der Waals surface area contributed by atoms with E-state index < -0.39 is 0 Å². The van der Waals surface area contributed by atoms with Crippen LogP contribution in [0.4, 0.5) is 5.69 Å². The number of halogens is 1. The lowest BCUT2D eigenvalue weighted by atomic mass is 9.95. The van der Waals surface area contributed by atoms with Crippen LogP contribution in [0.5, 0.6) is 5.75 Å². The highest BCUT2D eigenvalue weighted by Gasteiger charge is 2.26. The first kappa shape index (κ1) is 14.9. The molecule has 0 bridgehead atoms. The molecule has 0 radical (unpaired) electrons. The molecular weight excluding hydrogens is 298 g/mol. The van der Waals surface area contributed by atoms with Crippen molar-refractivity contribution in [2.24, 2.45) is 5.92 Å². The number of hydrogen-bond donors (Lipinski definition) is 1. The molecule has 3 nitrogen and oxygen atoms in total. The van der Waals surface area contributed by atoms with Gasteiger partial charge in [0.25, 0.3) is 0 Å². The van der Waals surface area contributed by atoms with E-state index in [0.717, 1.165) is 28.1 Å². The minimum Gasteiger partial charge on any atom is -0.492 e.